The molecular formula is C16H24N3O2+. The zero-order valence-corrected chi connectivity index (χ0v) is 12.7. The summed E-state index contributed by atoms with van der Waals surface area (Å²) in [6.07, 6.45) is 2.05. The molecule has 2 aliphatic rings. The zero-order chi connectivity index (χ0) is 14.9. The van der Waals surface area contributed by atoms with Crippen LogP contribution in [-0.4, -0.2) is 56.8 Å². The minimum Gasteiger partial charge on any atom is -0.399 e. The van der Waals surface area contributed by atoms with E-state index in [2.05, 4.69) is 13.1 Å². The van der Waals surface area contributed by atoms with E-state index >= 15 is 0 Å². The van der Waals surface area contributed by atoms with Crippen LogP contribution in [0.3, 0.4) is 0 Å². The monoisotopic (exact) mass is 290 g/mol. The fourth-order valence-corrected chi connectivity index (χ4v) is 3.20. The standard InChI is InChI=1S/C16H24N3O2/c1-19(7-9-21-10-8-19)12-16(20)18-6-2-3-13-4-5-14(17)11-15(13)18/h4-5,11H,2-3,6-10,12,17H2,1H3/q+1. The first kappa shape index (κ1) is 14.4. The number of rotatable bonds is 2. The molecule has 0 spiro atoms. The second-order valence-electron chi connectivity index (χ2n) is 6.37. The fourth-order valence-electron chi connectivity index (χ4n) is 3.20. The number of carbonyl (C=O) groups excluding carboxylic acids is 1. The smallest absolute Gasteiger partial charge is 0.282 e. The number of aryl methyl sites for hydroxylation is 1. The molecule has 1 aromatic rings. The summed E-state index contributed by atoms with van der Waals surface area (Å²) in [5.74, 6) is 0.200. The predicted octanol–water partition coefficient (Wildman–Crippen LogP) is 1.02. The predicted molar refractivity (Wildman–Crippen MR) is 83.1 cm³/mol. The zero-order valence-electron chi connectivity index (χ0n) is 12.7. The number of nitrogens with zero attached hydrogens (tertiary/aromatic N) is 2. The molecule has 0 bridgehead atoms. The average Bonchev–Trinajstić information content (AvgIpc) is 2.46. The first-order valence-corrected chi connectivity index (χ1v) is 7.67. The van der Waals surface area contributed by atoms with E-state index in [1.54, 1.807) is 0 Å². The summed E-state index contributed by atoms with van der Waals surface area (Å²) in [4.78, 5) is 14.7. The molecule has 1 fully saturated rings. The lowest BCUT2D eigenvalue weighted by Gasteiger charge is -2.39. The molecule has 0 unspecified atom stereocenters. The Kier molecular flexibility index (Phi) is 3.87. The normalized spacial score (nSPS) is 20.9. The molecule has 3 rings (SSSR count). The second-order valence-corrected chi connectivity index (χ2v) is 6.37. The topological polar surface area (TPSA) is 55.6 Å². The number of quaternary nitrogens is 1. The lowest BCUT2D eigenvalue weighted by molar-refractivity contribution is -0.909. The van der Waals surface area contributed by atoms with Gasteiger partial charge in [0.25, 0.3) is 5.91 Å². The maximum absolute atomic E-state index is 12.8. The molecule has 0 atom stereocenters. The van der Waals surface area contributed by atoms with Gasteiger partial charge in [0, 0.05) is 17.9 Å². The Morgan fingerprint density at radius 1 is 1.38 bits per heavy atom. The summed E-state index contributed by atoms with van der Waals surface area (Å²) in [6.45, 7) is 4.64. The van der Waals surface area contributed by atoms with Crippen LogP contribution in [0, 0.1) is 0 Å². The van der Waals surface area contributed by atoms with Gasteiger partial charge in [-0.2, -0.15) is 0 Å². The number of morpholine rings is 1. The Balaban J connectivity index is 1.78. The van der Waals surface area contributed by atoms with Gasteiger partial charge in [-0.05, 0) is 30.5 Å². The van der Waals surface area contributed by atoms with E-state index in [1.807, 2.05) is 17.0 Å². The minimum absolute atomic E-state index is 0.200. The Morgan fingerprint density at radius 2 is 2.14 bits per heavy atom. The number of nitrogen functional groups attached to an aromatic ring is 1. The van der Waals surface area contributed by atoms with Crippen molar-refractivity contribution < 1.29 is 14.0 Å². The number of carbonyl (C=O) groups is 1. The van der Waals surface area contributed by atoms with E-state index in [0.29, 0.717) is 6.54 Å². The van der Waals surface area contributed by atoms with Crippen molar-refractivity contribution in [3.05, 3.63) is 23.8 Å². The highest BCUT2D eigenvalue weighted by molar-refractivity contribution is 5.95. The van der Waals surface area contributed by atoms with E-state index in [-0.39, 0.29) is 5.91 Å². The number of fused-ring (bicyclic) bond motifs is 1. The molecule has 2 N–H and O–H groups in total. The van der Waals surface area contributed by atoms with Gasteiger partial charge in [0.2, 0.25) is 0 Å². The largest absolute Gasteiger partial charge is 0.399 e. The highest BCUT2D eigenvalue weighted by atomic mass is 16.5. The van der Waals surface area contributed by atoms with Crippen molar-refractivity contribution in [2.75, 3.05) is 57.1 Å². The molecule has 1 aromatic carbocycles. The lowest BCUT2D eigenvalue weighted by atomic mass is 10.0. The van der Waals surface area contributed by atoms with Crippen LogP contribution in [0.2, 0.25) is 0 Å². The van der Waals surface area contributed by atoms with E-state index in [1.165, 1.54) is 5.56 Å². The van der Waals surface area contributed by atoms with E-state index in [9.17, 15) is 4.79 Å². The molecule has 0 saturated carbocycles. The van der Waals surface area contributed by atoms with Gasteiger partial charge >= 0.3 is 0 Å². The van der Waals surface area contributed by atoms with Gasteiger partial charge in [-0.15, -0.1) is 0 Å². The number of hydrogen-bond acceptors (Lipinski definition) is 3. The lowest BCUT2D eigenvalue weighted by Crippen LogP contribution is -2.57. The summed E-state index contributed by atoms with van der Waals surface area (Å²) in [5, 5.41) is 0. The molecule has 1 amide bonds. The third kappa shape index (κ3) is 3.04. The van der Waals surface area contributed by atoms with E-state index < -0.39 is 0 Å². The highest BCUT2D eigenvalue weighted by Crippen LogP contribution is 2.29. The van der Waals surface area contributed by atoms with Crippen molar-refractivity contribution in [1.82, 2.24) is 0 Å². The van der Waals surface area contributed by atoms with Crippen molar-refractivity contribution in [2.24, 2.45) is 0 Å². The molecule has 0 aliphatic carbocycles. The molecule has 2 heterocycles. The average molecular weight is 290 g/mol. The number of amides is 1. The van der Waals surface area contributed by atoms with Gasteiger partial charge in [-0.1, -0.05) is 6.07 Å². The summed E-state index contributed by atoms with van der Waals surface area (Å²) >= 11 is 0. The first-order valence-electron chi connectivity index (χ1n) is 7.67. The number of ether oxygens (including phenoxy) is 1. The van der Waals surface area contributed by atoms with Gasteiger partial charge in [0.05, 0.1) is 20.3 Å². The van der Waals surface area contributed by atoms with Crippen molar-refractivity contribution in [3.63, 3.8) is 0 Å². The van der Waals surface area contributed by atoms with E-state index in [0.717, 1.165) is 61.5 Å². The number of anilines is 2. The van der Waals surface area contributed by atoms with Gasteiger partial charge in [0.1, 0.15) is 13.1 Å². The third-order valence-corrected chi connectivity index (χ3v) is 4.60. The second kappa shape index (κ2) is 5.66. The summed E-state index contributed by atoms with van der Waals surface area (Å²) in [7, 11) is 2.14. The highest BCUT2D eigenvalue weighted by Gasteiger charge is 2.32. The van der Waals surface area contributed by atoms with Crippen LogP contribution < -0.4 is 10.6 Å². The Morgan fingerprint density at radius 3 is 2.90 bits per heavy atom. The minimum atomic E-state index is 0.200. The van der Waals surface area contributed by atoms with E-state index in [4.69, 9.17) is 10.5 Å². The van der Waals surface area contributed by atoms with Gasteiger partial charge < -0.3 is 19.9 Å². The van der Waals surface area contributed by atoms with Gasteiger partial charge in [0.15, 0.2) is 6.54 Å². The Labute approximate surface area is 125 Å². The van der Waals surface area contributed by atoms with Crippen LogP contribution in [0.25, 0.3) is 0 Å². The molecule has 2 aliphatic heterocycles. The number of likely N-dealkylation sites (N-methyl/N-ethyl adjacent to an activating group) is 1. The van der Waals surface area contributed by atoms with Crippen molar-refractivity contribution in [3.8, 4) is 0 Å². The molecular weight excluding hydrogens is 266 g/mol. The Bertz CT molecular complexity index is 538. The van der Waals surface area contributed by atoms with Gasteiger partial charge in [-0.25, -0.2) is 0 Å². The molecule has 21 heavy (non-hydrogen) atoms. The molecule has 5 nitrogen and oxygen atoms in total. The SMILES string of the molecule is C[N+]1(CC(=O)N2CCCc3ccc(N)cc32)CCOCC1. The van der Waals surface area contributed by atoms with Crippen LogP contribution in [0.4, 0.5) is 11.4 Å². The van der Waals surface area contributed by atoms with Crippen molar-refractivity contribution >= 4 is 17.3 Å². The quantitative estimate of drug-likeness (QED) is 0.654. The molecule has 0 aromatic heterocycles. The van der Waals surface area contributed by atoms with Crippen LogP contribution in [0.5, 0.6) is 0 Å². The van der Waals surface area contributed by atoms with Crippen molar-refractivity contribution in [2.45, 2.75) is 12.8 Å². The van der Waals surface area contributed by atoms with Crippen LogP contribution >= 0.6 is 0 Å². The maximum atomic E-state index is 12.8. The fraction of sp³-hybridized carbons (Fsp3) is 0.562. The van der Waals surface area contributed by atoms with Crippen LogP contribution in [0.15, 0.2) is 18.2 Å². The van der Waals surface area contributed by atoms with Gasteiger partial charge in [-0.3, -0.25) is 4.79 Å². The summed E-state index contributed by atoms with van der Waals surface area (Å²) in [6, 6.07) is 5.91. The number of nitrogens with two attached hydrogens (primary N) is 1. The molecule has 1 saturated heterocycles. The van der Waals surface area contributed by atoms with Crippen molar-refractivity contribution in [1.29, 1.82) is 0 Å². The summed E-state index contributed by atoms with van der Waals surface area (Å²) in [5.41, 5.74) is 8.85. The molecule has 0 radical (unpaired) electrons. The summed E-state index contributed by atoms with van der Waals surface area (Å²) < 4.78 is 6.18. The molecule has 5 heteroatoms. The number of benzene rings is 1. The number of hydrogen-bond donors (Lipinski definition) is 1. The maximum Gasteiger partial charge on any atom is 0.282 e. The first-order chi connectivity index (χ1) is 10.1. The van der Waals surface area contributed by atoms with Crippen LogP contribution in [0.1, 0.15) is 12.0 Å². The Hall–Kier alpha value is -1.59. The third-order valence-electron chi connectivity index (χ3n) is 4.60. The molecule has 114 valence electrons. The van der Waals surface area contributed by atoms with Crippen LogP contribution in [-0.2, 0) is 16.0 Å².